The van der Waals surface area contributed by atoms with Crippen LogP contribution in [0.3, 0.4) is 0 Å². The summed E-state index contributed by atoms with van der Waals surface area (Å²) in [6.07, 6.45) is 0.545. The van der Waals surface area contributed by atoms with Gasteiger partial charge in [0.25, 0.3) is 0 Å². The van der Waals surface area contributed by atoms with Gasteiger partial charge in [0.1, 0.15) is 5.82 Å². The SMILES string of the molecule is NC1CCN(c2c(Cl)cc(F)cc2Cl)C1=O. The summed E-state index contributed by atoms with van der Waals surface area (Å²) < 4.78 is 13.0. The highest BCUT2D eigenvalue weighted by Crippen LogP contribution is 2.36. The Kier molecular flexibility index (Phi) is 3.06. The first-order valence-corrected chi connectivity index (χ1v) is 5.48. The topological polar surface area (TPSA) is 46.3 Å². The van der Waals surface area contributed by atoms with Gasteiger partial charge >= 0.3 is 0 Å². The summed E-state index contributed by atoms with van der Waals surface area (Å²) in [4.78, 5) is 13.1. The third kappa shape index (κ3) is 1.88. The standard InChI is InChI=1S/C10H9Cl2FN2O/c11-6-3-5(13)4-7(12)9(6)15-2-1-8(14)10(15)16/h3-4,8H,1-2,14H2. The van der Waals surface area contributed by atoms with Crippen LogP contribution < -0.4 is 10.6 Å². The number of hydrogen-bond acceptors (Lipinski definition) is 2. The largest absolute Gasteiger partial charge is 0.320 e. The molecule has 6 heteroatoms. The third-order valence-electron chi connectivity index (χ3n) is 2.50. The Labute approximate surface area is 102 Å². The molecule has 2 N–H and O–H groups in total. The van der Waals surface area contributed by atoms with Crippen LogP contribution in [0.25, 0.3) is 0 Å². The van der Waals surface area contributed by atoms with Crippen LogP contribution in [0, 0.1) is 5.82 Å². The van der Waals surface area contributed by atoms with E-state index in [4.69, 9.17) is 28.9 Å². The second-order valence-corrected chi connectivity index (χ2v) is 4.42. The van der Waals surface area contributed by atoms with Crippen molar-refractivity contribution in [1.82, 2.24) is 0 Å². The van der Waals surface area contributed by atoms with E-state index in [9.17, 15) is 9.18 Å². The first-order chi connectivity index (χ1) is 7.50. The van der Waals surface area contributed by atoms with Crippen molar-refractivity contribution < 1.29 is 9.18 Å². The predicted octanol–water partition coefficient (Wildman–Crippen LogP) is 2.20. The monoisotopic (exact) mass is 262 g/mol. The molecule has 0 aromatic heterocycles. The molecule has 1 aliphatic heterocycles. The van der Waals surface area contributed by atoms with E-state index in [1.807, 2.05) is 0 Å². The average Bonchev–Trinajstić information content (AvgIpc) is 2.48. The summed E-state index contributed by atoms with van der Waals surface area (Å²) in [6.45, 7) is 0.449. The molecule has 2 rings (SSSR count). The van der Waals surface area contributed by atoms with Crippen LogP contribution in [0.2, 0.25) is 10.0 Å². The average molecular weight is 263 g/mol. The fraction of sp³-hybridized carbons (Fsp3) is 0.300. The maximum absolute atomic E-state index is 13.0. The minimum atomic E-state index is -0.533. The quantitative estimate of drug-likeness (QED) is 0.844. The first-order valence-electron chi connectivity index (χ1n) is 4.72. The zero-order valence-corrected chi connectivity index (χ0v) is 9.72. The number of carbonyl (C=O) groups is 1. The number of halogens is 3. The zero-order chi connectivity index (χ0) is 11.9. The summed E-state index contributed by atoms with van der Waals surface area (Å²) in [7, 11) is 0. The van der Waals surface area contributed by atoms with Crippen LogP contribution in [0.1, 0.15) is 6.42 Å². The van der Waals surface area contributed by atoms with E-state index >= 15 is 0 Å². The molecule has 86 valence electrons. The molecule has 1 fully saturated rings. The Hall–Kier alpha value is -0.840. The maximum atomic E-state index is 13.0. The van der Waals surface area contributed by atoms with E-state index in [-0.39, 0.29) is 16.0 Å². The molecule has 1 saturated heterocycles. The highest BCUT2D eigenvalue weighted by atomic mass is 35.5. The van der Waals surface area contributed by atoms with Crippen molar-refractivity contribution in [3.8, 4) is 0 Å². The summed E-state index contributed by atoms with van der Waals surface area (Å²) >= 11 is 11.7. The van der Waals surface area contributed by atoms with Gasteiger partial charge in [-0.3, -0.25) is 4.79 Å². The minimum absolute atomic E-state index is 0.118. The van der Waals surface area contributed by atoms with Crippen molar-refractivity contribution in [2.24, 2.45) is 5.73 Å². The molecule has 0 saturated carbocycles. The molecule has 0 bridgehead atoms. The molecular weight excluding hydrogens is 254 g/mol. The van der Waals surface area contributed by atoms with E-state index < -0.39 is 11.9 Å². The van der Waals surface area contributed by atoms with E-state index in [2.05, 4.69) is 0 Å². The fourth-order valence-electron chi connectivity index (χ4n) is 1.72. The first kappa shape index (κ1) is 11.6. The van der Waals surface area contributed by atoms with Crippen molar-refractivity contribution in [3.05, 3.63) is 28.0 Å². The van der Waals surface area contributed by atoms with Gasteiger partial charge in [-0.05, 0) is 18.6 Å². The normalized spacial score (nSPS) is 20.6. The molecule has 3 nitrogen and oxygen atoms in total. The van der Waals surface area contributed by atoms with E-state index in [0.29, 0.717) is 18.7 Å². The van der Waals surface area contributed by atoms with Crippen LogP contribution in [-0.2, 0) is 4.79 Å². The highest BCUT2D eigenvalue weighted by molar-refractivity contribution is 6.40. The molecule has 0 spiro atoms. The van der Waals surface area contributed by atoms with Gasteiger partial charge in [0.2, 0.25) is 5.91 Å². The van der Waals surface area contributed by atoms with Crippen molar-refractivity contribution in [1.29, 1.82) is 0 Å². The molecule has 1 aromatic carbocycles. The Morgan fingerprint density at radius 2 is 1.94 bits per heavy atom. The highest BCUT2D eigenvalue weighted by Gasteiger charge is 2.32. The van der Waals surface area contributed by atoms with Crippen molar-refractivity contribution in [2.75, 3.05) is 11.4 Å². The molecule has 0 aliphatic carbocycles. The lowest BCUT2D eigenvalue weighted by Gasteiger charge is -2.19. The van der Waals surface area contributed by atoms with Gasteiger partial charge in [0, 0.05) is 6.54 Å². The van der Waals surface area contributed by atoms with Gasteiger partial charge in [-0.25, -0.2) is 4.39 Å². The molecule has 1 aromatic rings. The van der Waals surface area contributed by atoms with E-state index in [1.54, 1.807) is 0 Å². The van der Waals surface area contributed by atoms with Gasteiger partial charge < -0.3 is 10.6 Å². The van der Waals surface area contributed by atoms with E-state index in [1.165, 1.54) is 4.90 Å². The van der Waals surface area contributed by atoms with Gasteiger partial charge in [0.05, 0.1) is 21.8 Å². The second kappa shape index (κ2) is 4.20. The second-order valence-electron chi connectivity index (χ2n) is 3.60. The summed E-state index contributed by atoms with van der Waals surface area (Å²) in [5.41, 5.74) is 5.92. The van der Waals surface area contributed by atoms with Crippen molar-refractivity contribution in [3.63, 3.8) is 0 Å². The molecule has 1 amide bonds. The predicted molar refractivity (Wildman–Crippen MR) is 61.4 cm³/mol. The van der Waals surface area contributed by atoms with Crippen LogP contribution >= 0.6 is 23.2 Å². The fourth-order valence-corrected chi connectivity index (χ4v) is 2.38. The number of nitrogens with zero attached hydrogens (tertiary/aromatic N) is 1. The zero-order valence-electron chi connectivity index (χ0n) is 8.21. The number of rotatable bonds is 1. The lowest BCUT2D eigenvalue weighted by molar-refractivity contribution is -0.118. The van der Waals surface area contributed by atoms with Crippen LogP contribution in [0.15, 0.2) is 12.1 Å². The van der Waals surface area contributed by atoms with Gasteiger partial charge in [-0.1, -0.05) is 23.2 Å². The number of benzene rings is 1. The van der Waals surface area contributed by atoms with Gasteiger partial charge in [0.15, 0.2) is 0 Å². The van der Waals surface area contributed by atoms with Crippen LogP contribution in [0.5, 0.6) is 0 Å². The summed E-state index contributed by atoms with van der Waals surface area (Å²) in [6, 6.07) is 1.72. The summed E-state index contributed by atoms with van der Waals surface area (Å²) in [5.74, 6) is -0.773. The number of nitrogens with two attached hydrogens (primary N) is 1. The molecule has 1 unspecified atom stereocenters. The number of anilines is 1. The Bertz CT molecular complexity index is 429. The Balaban J connectivity index is 2.45. The molecule has 1 atom stereocenters. The Morgan fingerprint density at radius 1 is 1.38 bits per heavy atom. The van der Waals surface area contributed by atoms with Crippen molar-refractivity contribution >= 4 is 34.8 Å². The van der Waals surface area contributed by atoms with Crippen molar-refractivity contribution in [2.45, 2.75) is 12.5 Å². The lowest BCUT2D eigenvalue weighted by atomic mass is 10.2. The lowest BCUT2D eigenvalue weighted by Crippen LogP contribution is -2.34. The van der Waals surface area contributed by atoms with E-state index in [0.717, 1.165) is 12.1 Å². The number of carbonyl (C=O) groups excluding carboxylic acids is 1. The molecule has 0 radical (unpaired) electrons. The minimum Gasteiger partial charge on any atom is -0.320 e. The number of hydrogen-bond donors (Lipinski definition) is 1. The molecule has 16 heavy (non-hydrogen) atoms. The third-order valence-corrected chi connectivity index (χ3v) is 3.07. The Morgan fingerprint density at radius 3 is 2.38 bits per heavy atom. The molecule has 1 heterocycles. The van der Waals surface area contributed by atoms with Crippen LogP contribution in [0.4, 0.5) is 10.1 Å². The molecule has 1 aliphatic rings. The van der Waals surface area contributed by atoms with Crippen LogP contribution in [-0.4, -0.2) is 18.5 Å². The summed E-state index contributed by atoms with van der Waals surface area (Å²) in [5, 5.41) is 0.236. The van der Waals surface area contributed by atoms with Gasteiger partial charge in [-0.15, -0.1) is 0 Å². The number of amides is 1. The smallest absolute Gasteiger partial charge is 0.244 e. The molecular formula is C10H9Cl2FN2O. The van der Waals surface area contributed by atoms with Gasteiger partial charge in [-0.2, -0.15) is 0 Å². The maximum Gasteiger partial charge on any atom is 0.244 e.